The molecule has 0 radical (unpaired) electrons. The van der Waals surface area contributed by atoms with E-state index in [1.807, 2.05) is 0 Å². The summed E-state index contributed by atoms with van der Waals surface area (Å²) in [5.74, 6) is -0.606. The molecule has 1 fully saturated rings. The number of benzene rings is 1. The number of halogens is 1. The minimum Gasteiger partial charge on any atom is -0.391 e. The van der Waals surface area contributed by atoms with Crippen molar-refractivity contribution in [3.8, 4) is 0 Å². The highest BCUT2D eigenvalue weighted by Crippen LogP contribution is 2.34. The number of aliphatic hydroxyl groups excluding tert-OH is 1. The van der Waals surface area contributed by atoms with Crippen LogP contribution in [-0.4, -0.2) is 43.2 Å². The van der Waals surface area contributed by atoms with Crippen molar-refractivity contribution in [3.63, 3.8) is 0 Å². The number of carbonyl (C=O) groups is 1. The van der Waals surface area contributed by atoms with E-state index in [9.17, 15) is 14.3 Å². The van der Waals surface area contributed by atoms with Gasteiger partial charge in [-0.3, -0.25) is 9.78 Å². The van der Waals surface area contributed by atoms with Crippen molar-refractivity contribution in [1.82, 2.24) is 19.5 Å². The zero-order valence-electron chi connectivity index (χ0n) is 12.7. The summed E-state index contributed by atoms with van der Waals surface area (Å²) in [7, 11) is 0. The molecule has 1 aromatic carbocycles. The van der Waals surface area contributed by atoms with Gasteiger partial charge in [-0.2, -0.15) is 5.10 Å². The highest BCUT2D eigenvalue weighted by Gasteiger charge is 2.36. The summed E-state index contributed by atoms with van der Waals surface area (Å²) in [5.41, 5.74) is 1.69. The molecule has 122 valence electrons. The molecule has 0 aliphatic carbocycles. The van der Waals surface area contributed by atoms with E-state index in [0.717, 1.165) is 0 Å². The predicted molar refractivity (Wildman–Crippen MR) is 83.8 cm³/mol. The van der Waals surface area contributed by atoms with Gasteiger partial charge in [0.25, 0.3) is 5.91 Å². The van der Waals surface area contributed by atoms with Crippen LogP contribution in [0.1, 0.15) is 28.4 Å². The van der Waals surface area contributed by atoms with E-state index in [0.29, 0.717) is 23.1 Å². The lowest BCUT2D eigenvalue weighted by molar-refractivity contribution is 0.0717. The summed E-state index contributed by atoms with van der Waals surface area (Å²) in [4.78, 5) is 18.6. The van der Waals surface area contributed by atoms with Gasteiger partial charge in [-0.15, -0.1) is 0 Å². The molecule has 2 atom stereocenters. The maximum Gasteiger partial charge on any atom is 0.258 e. The number of hydrogen-bond acceptors (Lipinski definition) is 4. The van der Waals surface area contributed by atoms with Crippen LogP contribution >= 0.6 is 0 Å². The topological polar surface area (TPSA) is 70.7 Å². The van der Waals surface area contributed by atoms with Crippen molar-refractivity contribution in [1.29, 1.82) is 0 Å². The third kappa shape index (κ3) is 2.43. The third-order valence-corrected chi connectivity index (χ3v) is 4.33. The molecular formula is C17H15FN4O2. The largest absolute Gasteiger partial charge is 0.391 e. The lowest BCUT2D eigenvalue weighted by Crippen LogP contribution is -2.31. The molecule has 4 rings (SSSR count). The van der Waals surface area contributed by atoms with E-state index < -0.39 is 6.10 Å². The third-order valence-electron chi connectivity index (χ3n) is 4.33. The van der Waals surface area contributed by atoms with Crippen molar-refractivity contribution in [2.24, 2.45) is 0 Å². The van der Waals surface area contributed by atoms with E-state index in [2.05, 4.69) is 10.1 Å². The van der Waals surface area contributed by atoms with Gasteiger partial charge in [0.15, 0.2) is 0 Å². The first-order valence-electron chi connectivity index (χ1n) is 7.65. The van der Waals surface area contributed by atoms with E-state index >= 15 is 0 Å². The van der Waals surface area contributed by atoms with Crippen molar-refractivity contribution < 1.29 is 14.3 Å². The molecule has 24 heavy (non-hydrogen) atoms. The van der Waals surface area contributed by atoms with Crippen LogP contribution in [0.5, 0.6) is 0 Å². The monoisotopic (exact) mass is 326 g/mol. The van der Waals surface area contributed by atoms with Crippen LogP contribution in [0.3, 0.4) is 0 Å². The fourth-order valence-corrected chi connectivity index (χ4v) is 3.22. The smallest absolute Gasteiger partial charge is 0.258 e. The molecular weight excluding hydrogens is 311 g/mol. The predicted octanol–water partition coefficient (Wildman–Crippen LogP) is 1.82. The van der Waals surface area contributed by atoms with Gasteiger partial charge in [0, 0.05) is 18.9 Å². The van der Waals surface area contributed by atoms with Crippen LogP contribution < -0.4 is 0 Å². The van der Waals surface area contributed by atoms with Gasteiger partial charge < -0.3 is 10.0 Å². The maximum atomic E-state index is 13.5. The number of aliphatic hydroxyl groups is 1. The fraction of sp³-hybridized carbons (Fsp3) is 0.235. The van der Waals surface area contributed by atoms with Crippen molar-refractivity contribution in [2.75, 3.05) is 6.54 Å². The Bertz CT molecular complexity index is 910. The first-order chi connectivity index (χ1) is 11.6. The Morgan fingerprint density at radius 3 is 3.04 bits per heavy atom. The van der Waals surface area contributed by atoms with E-state index in [1.54, 1.807) is 40.1 Å². The van der Waals surface area contributed by atoms with Crippen LogP contribution in [0.25, 0.3) is 5.52 Å². The molecule has 1 amide bonds. The second kappa shape index (κ2) is 5.68. The van der Waals surface area contributed by atoms with E-state index in [1.165, 1.54) is 18.3 Å². The van der Waals surface area contributed by atoms with Crippen LogP contribution in [0.4, 0.5) is 4.39 Å². The number of aromatic nitrogens is 3. The number of fused-ring (bicyclic) bond motifs is 1. The van der Waals surface area contributed by atoms with Crippen LogP contribution in [0.2, 0.25) is 0 Å². The first kappa shape index (κ1) is 14.8. The van der Waals surface area contributed by atoms with E-state index in [-0.39, 0.29) is 24.3 Å². The highest BCUT2D eigenvalue weighted by molar-refractivity contribution is 6.00. The van der Waals surface area contributed by atoms with Gasteiger partial charge in [-0.25, -0.2) is 8.91 Å². The summed E-state index contributed by atoms with van der Waals surface area (Å²) in [5, 5.41) is 14.2. The SMILES string of the molecule is O=C(c1cnn2ccncc12)N1C[C@@H](O)C[C@H]1c1cccc(F)c1. The molecule has 0 spiro atoms. The molecule has 0 bridgehead atoms. The Labute approximate surface area is 137 Å². The van der Waals surface area contributed by atoms with Crippen LogP contribution in [0, 0.1) is 5.82 Å². The quantitative estimate of drug-likeness (QED) is 0.780. The molecule has 1 aliphatic heterocycles. The molecule has 2 aromatic heterocycles. The normalized spacial score (nSPS) is 20.7. The standard InChI is InChI=1S/C17H15FN4O2/c18-12-3-1-2-11(6-12)15-7-13(23)10-21(15)17(24)14-8-20-22-5-4-19-9-16(14)22/h1-6,8-9,13,15,23H,7,10H2/t13-,15-/m0/s1. The number of amides is 1. The fourth-order valence-electron chi connectivity index (χ4n) is 3.22. The second-order valence-electron chi connectivity index (χ2n) is 5.88. The Morgan fingerprint density at radius 1 is 1.33 bits per heavy atom. The maximum absolute atomic E-state index is 13.5. The van der Waals surface area contributed by atoms with E-state index in [4.69, 9.17) is 0 Å². The molecule has 0 saturated carbocycles. The van der Waals surface area contributed by atoms with Gasteiger partial charge in [0.2, 0.25) is 0 Å². The summed E-state index contributed by atoms with van der Waals surface area (Å²) >= 11 is 0. The molecule has 1 N–H and O–H groups in total. The first-order valence-corrected chi connectivity index (χ1v) is 7.65. The zero-order chi connectivity index (χ0) is 16.7. The number of hydrogen-bond donors (Lipinski definition) is 1. The minimum atomic E-state index is -0.637. The molecule has 0 unspecified atom stereocenters. The lowest BCUT2D eigenvalue weighted by atomic mass is 10.0. The second-order valence-corrected chi connectivity index (χ2v) is 5.88. The highest BCUT2D eigenvalue weighted by atomic mass is 19.1. The Morgan fingerprint density at radius 2 is 2.21 bits per heavy atom. The Balaban J connectivity index is 1.72. The van der Waals surface area contributed by atoms with Gasteiger partial charge >= 0.3 is 0 Å². The van der Waals surface area contributed by atoms with Gasteiger partial charge in [-0.05, 0) is 24.1 Å². The number of carbonyl (C=O) groups excluding carboxylic acids is 1. The summed E-state index contributed by atoms with van der Waals surface area (Å²) < 4.78 is 15.1. The van der Waals surface area contributed by atoms with Gasteiger partial charge in [0.05, 0.1) is 35.6 Å². The van der Waals surface area contributed by atoms with Crippen molar-refractivity contribution in [3.05, 3.63) is 66.0 Å². The van der Waals surface area contributed by atoms with Gasteiger partial charge in [0.1, 0.15) is 5.82 Å². The van der Waals surface area contributed by atoms with Crippen LogP contribution in [0.15, 0.2) is 49.1 Å². The molecule has 7 heteroatoms. The number of β-amino-alcohol motifs (C(OH)–C–C–N with tert-alkyl or cyclic N) is 1. The Kier molecular flexibility index (Phi) is 3.50. The molecule has 1 aliphatic rings. The van der Waals surface area contributed by atoms with Crippen LogP contribution in [-0.2, 0) is 0 Å². The molecule has 3 heterocycles. The lowest BCUT2D eigenvalue weighted by Gasteiger charge is -2.24. The number of rotatable bonds is 2. The molecule has 6 nitrogen and oxygen atoms in total. The Hall–Kier alpha value is -2.80. The average Bonchev–Trinajstić information content (AvgIpc) is 3.18. The molecule has 3 aromatic rings. The average molecular weight is 326 g/mol. The minimum absolute atomic E-state index is 0.206. The van der Waals surface area contributed by atoms with Crippen molar-refractivity contribution in [2.45, 2.75) is 18.6 Å². The summed E-state index contributed by atoms with van der Waals surface area (Å²) in [6.07, 6.45) is 6.06. The van der Waals surface area contributed by atoms with Gasteiger partial charge in [-0.1, -0.05) is 12.1 Å². The number of nitrogens with zero attached hydrogens (tertiary/aromatic N) is 4. The number of likely N-dealkylation sites (tertiary alicyclic amines) is 1. The summed E-state index contributed by atoms with van der Waals surface area (Å²) in [6, 6.07) is 5.77. The summed E-state index contributed by atoms with van der Waals surface area (Å²) in [6.45, 7) is 0.206. The zero-order valence-corrected chi connectivity index (χ0v) is 12.7. The molecule has 1 saturated heterocycles. The van der Waals surface area contributed by atoms with Crippen molar-refractivity contribution >= 4 is 11.4 Å².